The van der Waals surface area contributed by atoms with Crippen LogP contribution in [0.25, 0.3) is 0 Å². The molecule has 0 unspecified atom stereocenters. The third-order valence-electron chi connectivity index (χ3n) is 3.06. The predicted molar refractivity (Wildman–Crippen MR) is 83.0 cm³/mol. The first-order valence-corrected chi connectivity index (χ1v) is 9.22. The molecule has 0 aromatic heterocycles. The standard InChI is InChI=1S/C15H23NO5S/c1-15(2,3)21-14(18)16-9-7-12(8-10-16)13(17)6-5-11-22(4,19)20/h12H,7-11H2,1-4H3. The molecule has 6 nitrogen and oxygen atoms in total. The Morgan fingerprint density at radius 2 is 1.77 bits per heavy atom. The number of sulfone groups is 1. The van der Waals surface area contributed by atoms with Crippen molar-refractivity contribution >= 4 is 21.7 Å². The number of ketones is 1. The molecule has 1 fully saturated rings. The molecule has 7 heteroatoms. The fourth-order valence-corrected chi connectivity index (χ4v) is 2.34. The molecule has 0 N–H and O–H groups in total. The van der Waals surface area contributed by atoms with Crippen molar-refractivity contribution in [3.05, 3.63) is 0 Å². The maximum Gasteiger partial charge on any atom is 0.410 e. The van der Waals surface area contributed by atoms with Crippen LogP contribution in [0.5, 0.6) is 0 Å². The molecule has 22 heavy (non-hydrogen) atoms. The summed E-state index contributed by atoms with van der Waals surface area (Å²) in [5.41, 5.74) is -0.541. The third kappa shape index (κ3) is 6.94. The summed E-state index contributed by atoms with van der Waals surface area (Å²) in [7, 11) is -3.18. The summed E-state index contributed by atoms with van der Waals surface area (Å²) in [6.45, 7) is 6.30. The van der Waals surface area contributed by atoms with Crippen molar-refractivity contribution in [1.82, 2.24) is 4.90 Å². The van der Waals surface area contributed by atoms with Crippen molar-refractivity contribution in [1.29, 1.82) is 0 Å². The van der Waals surface area contributed by atoms with Crippen molar-refractivity contribution < 1.29 is 22.7 Å². The largest absolute Gasteiger partial charge is 0.444 e. The maximum atomic E-state index is 11.9. The van der Waals surface area contributed by atoms with Crippen molar-refractivity contribution in [3.63, 3.8) is 0 Å². The molecular formula is C15H23NO5S. The Hall–Kier alpha value is -1.55. The van der Waals surface area contributed by atoms with Crippen LogP contribution in [-0.2, 0) is 19.4 Å². The summed E-state index contributed by atoms with van der Waals surface area (Å²) in [5, 5.41) is 0. The van der Waals surface area contributed by atoms with E-state index in [4.69, 9.17) is 4.74 Å². The van der Waals surface area contributed by atoms with Gasteiger partial charge in [0.1, 0.15) is 11.4 Å². The second-order valence-electron chi connectivity index (χ2n) is 6.48. The molecule has 0 aromatic rings. The molecule has 1 amide bonds. The van der Waals surface area contributed by atoms with E-state index in [0.29, 0.717) is 25.9 Å². The molecule has 1 heterocycles. The minimum absolute atomic E-state index is 0.245. The summed E-state index contributed by atoms with van der Waals surface area (Å²) in [6.07, 6.45) is 1.74. The Bertz CT molecular complexity index is 584. The second kappa shape index (κ2) is 7.14. The lowest BCUT2D eigenvalue weighted by molar-refractivity contribution is -0.118. The van der Waals surface area contributed by atoms with E-state index in [1.54, 1.807) is 25.7 Å². The smallest absolute Gasteiger partial charge is 0.410 e. The van der Waals surface area contributed by atoms with Crippen LogP contribution in [0.2, 0.25) is 0 Å². The third-order valence-corrected chi connectivity index (χ3v) is 3.73. The number of carbonyl (C=O) groups excluding carboxylic acids is 2. The zero-order valence-corrected chi connectivity index (χ0v) is 14.3. The molecule has 1 rings (SSSR count). The van der Waals surface area contributed by atoms with Crippen molar-refractivity contribution in [2.75, 3.05) is 25.1 Å². The van der Waals surface area contributed by atoms with Gasteiger partial charge in [-0.2, -0.15) is 0 Å². The van der Waals surface area contributed by atoms with Crippen LogP contribution in [0.4, 0.5) is 4.79 Å². The van der Waals surface area contributed by atoms with Gasteiger partial charge in [0.15, 0.2) is 9.84 Å². The number of Topliss-reactive ketones (excluding diaryl/α,β-unsaturated/α-hetero) is 1. The van der Waals surface area contributed by atoms with Crippen LogP contribution in [0.15, 0.2) is 0 Å². The van der Waals surface area contributed by atoms with E-state index >= 15 is 0 Å². The topological polar surface area (TPSA) is 80.8 Å². The minimum atomic E-state index is -3.18. The van der Waals surface area contributed by atoms with E-state index < -0.39 is 15.4 Å². The lowest BCUT2D eigenvalue weighted by atomic mass is 9.93. The zero-order chi connectivity index (χ0) is 17.0. The van der Waals surface area contributed by atoms with Crippen molar-refractivity contribution in [2.45, 2.75) is 39.2 Å². The van der Waals surface area contributed by atoms with E-state index in [1.165, 1.54) is 0 Å². The quantitative estimate of drug-likeness (QED) is 0.562. The zero-order valence-electron chi connectivity index (χ0n) is 13.5. The number of amides is 1. The Morgan fingerprint density at radius 1 is 1.23 bits per heavy atom. The van der Waals surface area contributed by atoms with Gasteiger partial charge in [0.25, 0.3) is 0 Å². The average Bonchev–Trinajstić information content (AvgIpc) is 2.35. The number of hydrogen-bond donors (Lipinski definition) is 0. The highest BCUT2D eigenvalue weighted by molar-refractivity contribution is 7.90. The molecule has 0 atom stereocenters. The molecule has 124 valence electrons. The van der Waals surface area contributed by atoms with Crippen molar-refractivity contribution in [2.24, 2.45) is 5.92 Å². The molecular weight excluding hydrogens is 306 g/mol. The highest BCUT2D eigenvalue weighted by Crippen LogP contribution is 2.20. The Morgan fingerprint density at radius 3 is 2.23 bits per heavy atom. The molecule has 0 radical (unpaired) electrons. The first-order valence-electron chi connectivity index (χ1n) is 7.16. The van der Waals surface area contributed by atoms with E-state index in [2.05, 4.69) is 11.8 Å². The van der Waals surface area contributed by atoms with Gasteiger partial charge in [0, 0.05) is 25.3 Å². The van der Waals surface area contributed by atoms with Gasteiger partial charge in [-0.25, -0.2) is 13.2 Å². The number of carbonyl (C=O) groups is 2. The lowest BCUT2D eigenvalue weighted by Crippen LogP contribution is -2.42. The second-order valence-corrected chi connectivity index (χ2v) is 8.62. The van der Waals surface area contributed by atoms with Crippen LogP contribution in [-0.4, -0.2) is 55.9 Å². The van der Waals surface area contributed by atoms with E-state index in [-0.39, 0.29) is 23.5 Å². The predicted octanol–water partition coefficient (Wildman–Crippen LogP) is 1.25. The van der Waals surface area contributed by atoms with Crippen molar-refractivity contribution in [3.8, 4) is 11.8 Å². The normalized spacial score (nSPS) is 16.6. The summed E-state index contributed by atoms with van der Waals surface area (Å²) < 4.78 is 27.2. The first kappa shape index (κ1) is 18.5. The van der Waals surface area contributed by atoms with Gasteiger partial charge < -0.3 is 9.64 Å². The summed E-state index contributed by atoms with van der Waals surface area (Å²) in [5.74, 6) is 3.97. The fraction of sp³-hybridized carbons (Fsp3) is 0.733. The maximum absolute atomic E-state index is 11.9. The molecule has 0 bridgehead atoms. The van der Waals surface area contributed by atoms with E-state index in [0.717, 1.165) is 6.26 Å². The highest BCUT2D eigenvalue weighted by Gasteiger charge is 2.29. The molecule has 1 saturated heterocycles. The Kier molecular flexibility index (Phi) is 6.00. The Balaban J connectivity index is 2.48. The SMILES string of the molecule is CC(C)(C)OC(=O)N1CCC(C(=O)C#CCS(C)(=O)=O)CC1. The van der Waals surface area contributed by atoms with Gasteiger partial charge in [0.05, 0.1) is 0 Å². The van der Waals surface area contributed by atoms with Gasteiger partial charge in [-0.05, 0) is 39.5 Å². The van der Waals surface area contributed by atoms with Crippen LogP contribution in [0.3, 0.4) is 0 Å². The average molecular weight is 329 g/mol. The van der Waals surface area contributed by atoms with Crippen LogP contribution in [0, 0.1) is 17.8 Å². The lowest BCUT2D eigenvalue weighted by Gasteiger charge is -2.32. The summed E-state index contributed by atoms with van der Waals surface area (Å²) in [4.78, 5) is 25.4. The van der Waals surface area contributed by atoms with E-state index in [1.807, 2.05) is 0 Å². The van der Waals surface area contributed by atoms with Gasteiger partial charge in [-0.15, -0.1) is 0 Å². The number of nitrogens with zero attached hydrogens (tertiary/aromatic N) is 1. The molecule has 1 aliphatic rings. The number of hydrogen-bond acceptors (Lipinski definition) is 5. The van der Waals surface area contributed by atoms with Crippen LogP contribution < -0.4 is 0 Å². The monoisotopic (exact) mass is 329 g/mol. The minimum Gasteiger partial charge on any atom is -0.444 e. The van der Waals surface area contributed by atoms with Crippen LogP contribution in [0.1, 0.15) is 33.6 Å². The van der Waals surface area contributed by atoms with Gasteiger partial charge in [-0.3, -0.25) is 4.79 Å². The molecule has 0 aromatic carbocycles. The molecule has 0 aliphatic carbocycles. The first-order chi connectivity index (χ1) is 9.98. The summed E-state index contributed by atoms with van der Waals surface area (Å²) in [6, 6.07) is 0. The van der Waals surface area contributed by atoms with Gasteiger partial charge in [0.2, 0.25) is 5.78 Å². The number of ether oxygens (including phenoxy) is 1. The molecule has 0 spiro atoms. The number of likely N-dealkylation sites (tertiary alicyclic amines) is 1. The summed E-state index contributed by atoms with van der Waals surface area (Å²) >= 11 is 0. The highest BCUT2D eigenvalue weighted by atomic mass is 32.2. The number of rotatable bonds is 2. The van der Waals surface area contributed by atoms with Crippen LogP contribution >= 0.6 is 0 Å². The van der Waals surface area contributed by atoms with E-state index in [9.17, 15) is 18.0 Å². The molecule has 1 aliphatic heterocycles. The fourth-order valence-electron chi connectivity index (χ4n) is 2.01. The molecule has 0 saturated carbocycles. The number of piperidine rings is 1. The van der Waals surface area contributed by atoms with Gasteiger partial charge in [-0.1, -0.05) is 5.92 Å². The van der Waals surface area contributed by atoms with Gasteiger partial charge >= 0.3 is 6.09 Å². The Labute approximate surface area is 132 Å².